The quantitative estimate of drug-likeness (QED) is 0.843. The van der Waals surface area contributed by atoms with Crippen LogP contribution in [0.25, 0.3) is 0 Å². The number of esters is 1. The molecule has 1 N–H and O–H groups in total. The molecule has 1 fully saturated rings. The Kier molecular flexibility index (Phi) is 4.78. The molecule has 0 aliphatic carbocycles. The molecule has 126 valence electrons. The predicted molar refractivity (Wildman–Crippen MR) is 93.2 cm³/mol. The minimum absolute atomic E-state index is 0.0690. The molecule has 0 radical (unpaired) electrons. The molecule has 1 heterocycles. The van der Waals surface area contributed by atoms with Crippen LogP contribution in [-0.4, -0.2) is 38.0 Å². The number of hydrogen-bond donors (Lipinski definition) is 1. The van der Waals surface area contributed by atoms with Gasteiger partial charge in [-0.25, -0.2) is 13.2 Å². The van der Waals surface area contributed by atoms with Crippen LogP contribution in [0.1, 0.15) is 10.4 Å². The summed E-state index contributed by atoms with van der Waals surface area (Å²) in [6.07, 6.45) is -0.738. The highest BCUT2D eigenvalue weighted by Crippen LogP contribution is 2.22. The normalized spacial score (nSPS) is 22.0. The summed E-state index contributed by atoms with van der Waals surface area (Å²) in [6, 6.07) is 15.0. The molecule has 0 amide bonds. The van der Waals surface area contributed by atoms with Gasteiger partial charge in [0.2, 0.25) is 0 Å². The lowest BCUT2D eigenvalue weighted by Gasteiger charge is -2.21. The molecule has 3 rings (SSSR count). The third-order valence-corrected chi connectivity index (χ3v) is 5.72. The van der Waals surface area contributed by atoms with E-state index in [9.17, 15) is 13.2 Å². The summed E-state index contributed by atoms with van der Waals surface area (Å²) in [5, 5.41) is 3.65. The van der Waals surface area contributed by atoms with Gasteiger partial charge >= 0.3 is 5.97 Å². The Morgan fingerprint density at radius 1 is 1.04 bits per heavy atom. The van der Waals surface area contributed by atoms with Gasteiger partial charge in [-0.3, -0.25) is 0 Å². The van der Waals surface area contributed by atoms with E-state index < -0.39 is 28.0 Å². The number of para-hydroxylation sites is 1. The molecule has 1 aliphatic rings. The van der Waals surface area contributed by atoms with Gasteiger partial charge in [0.05, 0.1) is 23.1 Å². The Morgan fingerprint density at radius 3 is 2.38 bits per heavy atom. The highest BCUT2D eigenvalue weighted by Gasteiger charge is 2.40. The molecule has 0 spiro atoms. The van der Waals surface area contributed by atoms with Crippen LogP contribution in [0.4, 0.5) is 5.69 Å². The number of ether oxygens (including phenoxy) is 1. The van der Waals surface area contributed by atoms with Gasteiger partial charge in [0, 0.05) is 10.7 Å². The molecule has 5 nitrogen and oxygen atoms in total. The monoisotopic (exact) mass is 365 g/mol. The number of anilines is 1. The van der Waals surface area contributed by atoms with E-state index in [1.165, 1.54) is 0 Å². The molecule has 2 atom stereocenters. The second-order valence-corrected chi connectivity index (χ2v) is 8.23. The molecule has 0 saturated carbocycles. The van der Waals surface area contributed by atoms with E-state index in [0.717, 1.165) is 5.69 Å². The molecule has 24 heavy (non-hydrogen) atoms. The van der Waals surface area contributed by atoms with E-state index in [4.69, 9.17) is 16.3 Å². The second-order valence-electron chi connectivity index (χ2n) is 5.64. The van der Waals surface area contributed by atoms with Crippen molar-refractivity contribution in [2.75, 3.05) is 16.8 Å². The van der Waals surface area contributed by atoms with Crippen molar-refractivity contribution in [2.45, 2.75) is 12.1 Å². The molecule has 1 saturated heterocycles. The minimum Gasteiger partial charge on any atom is -0.455 e. The summed E-state index contributed by atoms with van der Waals surface area (Å²) < 4.78 is 29.3. The van der Waals surface area contributed by atoms with E-state index in [1.54, 1.807) is 24.3 Å². The predicted octanol–water partition coefficient (Wildman–Crippen LogP) is 2.77. The number of hydrogen-bond acceptors (Lipinski definition) is 5. The topological polar surface area (TPSA) is 72.5 Å². The summed E-state index contributed by atoms with van der Waals surface area (Å²) in [4.78, 5) is 12.2. The van der Waals surface area contributed by atoms with Crippen LogP contribution in [0.3, 0.4) is 0 Å². The van der Waals surface area contributed by atoms with Crippen LogP contribution in [-0.2, 0) is 14.6 Å². The van der Waals surface area contributed by atoms with Crippen molar-refractivity contribution in [1.82, 2.24) is 0 Å². The van der Waals surface area contributed by atoms with Gasteiger partial charge in [0.25, 0.3) is 0 Å². The highest BCUT2D eigenvalue weighted by atomic mass is 35.5. The average molecular weight is 366 g/mol. The zero-order chi connectivity index (χ0) is 17.2. The van der Waals surface area contributed by atoms with Gasteiger partial charge in [0.15, 0.2) is 9.84 Å². The zero-order valence-corrected chi connectivity index (χ0v) is 14.3. The highest BCUT2D eigenvalue weighted by molar-refractivity contribution is 7.91. The summed E-state index contributed by atoms with van der Waals surface area (Å²) in [5.74, 6) is -0.814. The standard InChI is InChI=1S/C17H16ClNO4S/c18-13-8-6-12(7-9-13)17(20)23-16-11-24(21,22)10-15(16)19-14-4-2-1-3-5-14/h1-9,15-16,19H,10-11H2/t15-,16+/m0/s1. The van der Waals surface area contributed by atoms with Crippen LogP contribution < -0.4 is 5.32 Å². The first-order valence-electron chi connectivity index (χ1n) is 7.41. The SMILES string of the molecule is O=C(O[C@@H]1CS(=O)(=O)C[C@@H]1Nc1ccccc1)c1ccc(Cl)cc1. The molecule has 0 aromatic heterocycles. The fourth-order valence-corrected chi connectivity index (χ4v) is 4.51. The largest absolute Gasteiger partial charge is 0.455 e. The number of halogens is 1. The molecular formula is C17H16ClNO4S. The van der Waals surface area contributed by atoms with Crippen LogP contribution >= 0.6 is 11.6 Å². The molecule has 1 aliphatic heterocycles. The molecule has 2 aromatic carbocycles. The summed E-state index contributed by atoms with van der Waals surface area (Å²) in [7, 11) is -3.26. The lowest BCUT2D eigenvalue weighted by atomic mass is 10.2. The molecular weight excluding hydrogens is 350 g/mol. The molecule has 7 heteroatoms. The molecule has 0 bridgehead atoms. The Labute approximate surface area is 145 Å². The maximum Gasteiger partial charge on any atom is 0.338 e. The lowest BCUT2D eigenvalue weighted by molar-refractivity contribution is 0.0337. The number of rotatable bonds is 4. The Morgan fingerprint density at radius 2 is 1.71 bits per heavy atom. The van der Waals surface area contributed by atoms with Crippen molar-refractivity contribution in [3.8, 4) is 0 Å². The fourth-order valence-electron chi connectivity index (χ4n) is 2.61. The van der Waals surface area contributed by atoms with E-state index in [1.807, 2.05) is 30.3 Å². The van der Waals surface area contributed by atoms with Gasteiger partial charge in [-0.1, -0.05) is 29.8 Å². The van der Waals surface area contributed by atoms with E-state index in [0.29, 0.717) is 10.6 Å². The van der Waals surface area contributed by atoms with Gasteiger partial charge < -0.3 is 10.1 Å². The maximum atomic E-state index is 12.2. The minimum atomic E-state index is -3.26. The van der Waals surface area contributed by atoms with E-state index in [-0.39, 0.29) is 11.5 Å². The van der Waals surface area contributed by atoms with E-state index in [2.05, 4.69) is 5.32 Å². The van der Waals surface area contributed by atoms with E-state index >= 15 is 0 Å². The number of benzene rings is 2. The van der Waals surface area contributed by atoms with Crippen LogP contribution in [0.5, 0.6) is 0 Å². The Hall–Kier alpha value is -2.05. The first-order chi connectivity index (χ1) is 11.4. The van der Waals surface area contributed by atoms with Crippen molar-refractivity contribution in [1.29, 1.82) is 0 Å². The molecule has 2 aromatic rings. The number of sulfone groups is 1. The summed E-state index contributed by atoms with van der Waals surface area (Å²) in [5.41, 5.74) is 1.12. The molecule has 0 unspecified atom stereocenters. The number of carbonyl (C=O) groups excluding carboxylic acids is 1. The van der Waals surface area contributed by atoms with Gasteiger partial charge in [0.1, 0.15) is 6.10 Å². The van der Waals surface area contributed by atoms with Crippen molar-refractivity contribution < 1.29 is 17.9 Å². The van der Waals surface area contributed by atoms with Gasteiger partial charge in [-0.05, 0) is 36.4 Å². The number of carbonyl (C=O) groups is 1. The summed E-state index contributed by atoms with van der Waals surface area (Å²) >= 11 is 5.80. The average Bonchev–Trinajstić information content (AvgIpc) is 2.82. The van der Waals surface area contributed by atoms with Gasteiger partial charge in [-0.15, -0.1) is 0 Å². The van der Waals surface area contributed by atoms with Crippen LogP contribution in [0.2, 0.25) is 5.02 Å². The van der Waals surface area contributed by atoms with Crippen LogP contribution in [0, 0.1) is 0 Å². The zero-order valence-electron chi connectivity index (χ0n) is 12.7. The Bertz CT molecular complexity index is 821. The summed E-state index contributed by atoms with van der Waals surface area (Å²) in [6.45, 7) is 0. The smallest absolute Gasteiger partial charge is 0.338 e. The lowest BCUT2D eigenvalue weighted by Crippen LogP contribution is -2.35. The maximum absolute atomic E-state index is 12.2. The third-order valence-electron chi connectivity index (χ3n) is 3.76. The second kappa shape index (κ2) is 6.83. The van der Waals surface area contributed by atoms with Crippen molar-refractivity contribution in [3.05, 3.63) is 65.2 Å². The number of nitrogens with one attached hydrogen (secondary N) is 1. The van der Waals surface area contributed by atoms with Crippen molar-refractivity contribution >= 4 is 33.1 Å². The Balaban J connectivity index is 1.74. The van der Waals surface area contributed by atoms with Gasteiger partial charge in [-0.2, -0.15) is 0 Å². The van der Waals surface area contributed by atoms with Crippen molar-refractivity contribution in [3.63, 3.8) is 0 Å². The van der Waals surface area contributed by atoms with Crippen molar-refractivity contribution in [2.24, 2.45) is 0 Å². The van der Waals surface area contributed by atoms with Crippen LogP contribution in [0.15, 0.2) is 54.6 Å². The third kappa shape index (κ3) is 4.07. The fraction of sp³-hybridized carbons (Fsp3) is 0.235. The first kappa shape index (κ1) is 16.8. The first-order valence-corrected chi connectivity index (χ1v) is 9.61.